The van der Waals surface area contributed by atoms with E-state index in [-0.39, 0.29) is 36.9 Å². The van der Waals surface area contributed by atoms with E-state index < -0.39 is 57.6 Å². The monoisotopic (exact) mass is 598 g/mol. The van der Waals surface area contributed by atoms with E-state index in [0.717, 1.165) is 4.31 Å². The van der Waals surface area contributed by atoms with Crippen molar-refractivity contribution in [3.05, 3.63) is 54.4 Å². The van der Waals surface area contributed by atoms with Gasteiger partial charge in [0.2, 0.25) is 5.91 Å². The standard InChI is InChI=1S/C28H30N4O9S/c1-16(2)13-19(30-28(36)41-23-14-17-7-6-9-22(39-3)25(17)40-23)26(34)31-12-10-20-24(31)21(33)15-32(20)42(37,38)27(35)18-8-4-5-11-29-18/h4-9,11,14,16,19-20,24H,10,12-13,15H2,1-3H3,(H,30,36). The molecule has 3 atom stereocenters. The summed E-state index contributed by atoms with van der Waals surface area (Å²) < 4.78 is 43.4. The predicted molar refractivity (Wildman–Crippen MR) is 148 cm³/mol. The Bertz CT molecular complexity index is 1640. The number of ketones is 1. The molecule has 2 aliphatic heterocycles. The molecule has 2 fully saturated rings. The van der Waals surface area contributed by atoms with Crippen molar-refractivity contribution in [2.75, 3.05) is 20.2 Å². The topological polar surface area (TPSA) is 165 Å². The van der Waals surface area contributed by atoms with Gasteiger partial charge < -0.3 is 24.1 Å². The van der Waals surface area contributed by atoms with E-state index >= 15 is 0 Å². The molecule has 1 N–H and O–H groups in total. The highest BCUT2D eigenvalue weighted by atomic mass is 32.2. The number of benzene rings is 1. The molecule has 2 saturated heterocycles. The second kappa shape index (κ2) is 11.5. The van der Waals surface area contributed by atoms with Crippen LogP contribution in [-0.2, 0) is 19.6 Å². The van der Waals surface area contributed by atoms with Gasteiger partial charge in [-0.2, -0.15) is 4.31 Å². The molecule has 3 aromatic rings. The first-order valence-electron chi connectivity index (χ1n) is 13.4. The fourth-order valence-corrected chi connectivity index (χ4v) is 6.92. The van der Waals surface area contributed by atoms with Crippen LogP contribution in [0.3, 0.4) is 0 Å². The Labute approximate surface area is 241 Å². The smallest absolute Gasteiger partial charge is 0.415 e. The minimum atomic E-state index is -4.57. The molecule has 1 aromatic carbocycles. The van der Waals surface area contributed by atoms with Gasteiger partial charge in [-0.05, 0) is 37.0 Å². The number of aromatic nitrogens is 1. The first kappa shape index (κ1) is 29.2. The molecule has 0 saturated carbocycles. The van der Waals surface area contributed by atoms with Crippen LogP contribution in [0.1, 0.15) is 37.2 Å². The maximum atomic E-state index is 13.7. The number of nitrogens with zero attached hydrogens (tertiary/aromatic N) is 3. The van der Waals surface area contributed by atoms with Gasteiger partial charge in [-0.25, -0.2) is 13.2 Å². The lowest BCUT2D eigenvalue weighted by molar-refractivity contribution is -0.138. The molecule has 3 unspecified atom stereocenters. The van der Waals surface area contributed by atoms with Gasteiger partial charge in [-0.1, -0.05) is 32.0 Å². The van der Waals surface area contributed by atoms with Gasteiger partial charge in [0.1, 0.15) is 17.8 Å². The number of hydrogen-bond donors (Lipinski definition) is 1. The third kappa shape index (κ3) is 5.46. The normalized spacial score (nSPS) is 19.6. The number of Topliss-reactive ketones (excluding diaryl/α,β-unsaturated/α-hetero) is 1. The molecule has 2 aromatic heterocycles. The molecule has 0 radical (unpaired) electrons. The van der Waals surface area contributed by atoms with E-state index in [1.54, 1.807) is 24.3 Å². The lowest BCUT2D eigenvalue weighted by atomic mass is 10.0. The summed E-state index contributed by atoms with van der Waals surface area (Å²) in [7, 11) is -3.09. The molecule has 42 heavy (non-hydrogen) atoms. The van der Waals surface area contributed by atoms with Crippen molar-refractivity contribution < 1.29 is 41.5 Å². The van der Waals surface area contributed by atoms with Gasteiger partial charge >= 0.3 is 11.2 Å². The van der Waals surface area contributed by atoms with E-state index in [4.69, 9.17) is 13.9 Å². The first-order chi connectivity index (χ1) is 20.0. The van der Waals surface area contributed by atoms with Gasteiger partial charge in [0.05, 0.1) is 19.7 Å². The quantitative estimate of drug-likeness (QED) is 0.407. The zero-order valence-electron chi connectivity index (χ0n) is 23.2. The number of sulfonamides is 1. The van der Waals surface area contributed by atoms with Crippen molar-refractivity contribution in [1.29, 1.82) is 0 Å². The van der Waals surface area contributed by atoms with Gasteiger partial charge in [0.25, 0.3) is 16.0 Å². The van der Waals surface area contributed by atoms with Crippen molar-refractivity contribution in [3.8, 4) is 11.7 Å². The number of likely N-dealkylation sites (tertiary alicyclic amines) is 1. The van der Waals surface area contributed by atoms with E-state index in [9.17, 15) is 27.6 Å². The Morgan fingerprint density at radius 2 is 1.95 bits per heavy atom. The SMILES string of the molecule is COc1cccc2cc(OC(=O)NC(CC(C)C)C(=O)N3CCC4C3C(=O)CN4S(=O)(=O)C(=O)c3ccccn3)oc12. The minimum absolute atomic E-state index is 0.0275. The summed E-state index contributed by atoms with van der Waals surface area (Å²) in [5, 5.41) is 2.01. The van der Waals surface area contributed by atoms with Gasteiger partial charge in [-0.15, -0.1) is 0 Å². The molecular weight excluding hydrogens is 568 g/mol. The molecule has 4 heterocycles. The summed E-state index contributed by atoms with van der Waals surface area (Å²) in [5.41, 5.74) is 0.128. The Morgan fingerprint density at radius 3 is 2.64 bits per heavy atom. The Morgan fingerprint density at radius 1 is 1.17 bits per heavy atom. The maximum absolute atomic E-state index is 13.7. The number of hydrogen-bond acceptors (Lipinski definition) is 10. The average molecular weight is 599 g/mol. The number of para-hydroxylation sites is 1. The lowest BCUT2D eigenvalue weighted by Gasteiger charge is -2.28. The average Bonchev–Trinajstić information content (AvgIpc) is 3.66. The number of nitrogens with one attached hydrogen (secondary N) is 1. The van der Waals surface area contributed by atoms with Crippen LogP contribution in [0.5, 0.6) is 11.7 Å². The van der Waals surface area contributed by atoms with Gasteiger partial charge in [0, 0.05) is 24.2 Å². The summed E-state index contributed by atoms with van der Waals surface area (Å²) in [6.45, 7) is 3.26. The summed E-state index contributed by atoms with van der Waals surface area (Å²) in [4.78, 5) is 57.5. The zero-order chi connectivity index (χ0) is 30.2. The highest BCUT2D eigenvalue weighted by Crippen LogP contribution is 2.34. The van der Waals surface area contributed by atoms with Crippen LogP contribution in [0.2, 0.25) is 0 Å². The third-order valence-corrected chi connectivity index (χ3v) is 8.97. The van der Waals surface area contributed by atoms with Crippen LogP contribution in [-0.4, -0.2) is 83.8 Å². The van der Waals surface area contributed by atoms with Crippen LogP contribution in [0.25, 0.3) is 11.0 Å². The predicted octanol–water partition coefficient (Wildman–Crippen LogP) is 2.36. The van der Waals surface area contributed by atoms with Crippen molar-refractivity contribution >= 4 is 43.9 Å². The largest absolute Gasteiger partial charge is 0.493 e. The zero-order valence-corrected chi connectivity index (χ0v) is 24.0. The number of rotatable bonds is 8. The summed E-state index contributed by atoms with van der Waals surface area (Å²) in [5.74, 6) is -0.736. The highest BCUT2D eigenvalue weighted by molar-refractivity contribution is 8.04. The van der Waals surface area contributed by atoms with E-state index in [2.05, 4.69) is 10.3 Å². The summed E-state index contributed by atoms with van der Waals surface area (Å²) in [6.07, 6.45) is 0.737. The van der Waals surface area contributed by atoms with Gasteiger partial charge in [0.15, 0.2) is 17.1 Å². The van der Waals surface area contributed by atoms with Crippen LogP contribution in [0.15, 0.2) is 53.1 Å². The van der Waals surface area contributed by atoms with Crippen molar-refractivity contribution in [2.45, 2.75) is 44.8 Å². The lowest BCUT2D eigenvalue weighted by Crippen LogP contribution is -2.53. The Kier molecular flexibility index (Phi) is 8.01. The number of ether oxygens (including phenoxy) is 2. The number of methoxy groups -OCH3 is 1. The fraction of sp³-hybridized carbons (Fsp3) is 0.393. The molecule has 222 valence electrons. The molecular formula is C28H30N4O9S. The first-order valence-corrected chi connectivity index (χ1v) is 14.8. The Hall–Kier alpha value is -4.30. The molecule has 13 nitrogen and oxygen atoms in total. The number of pyridine rings is 1. The molecule has 0 bridgehead atoms. The van der Waals surface area contributed by atoms with Crippen LogP contribution >= 0.6 is 0 Å². The number of carbonyl (C=O) groups is 4. The second-order valence-corrected chi connectivity index (χ2v) is 12.3. The summed E-state index contributed by atoms with van der Waals surface area (Å²) >= 11 is 0. The summed E-state index contributed by atoms with van der Waals surface area (Å²) in [6, 6.07) is 7.98. The molecule has 14 heteroatoms. The molecule has 2 amide bonds. The third-order valence-electron chi connectivity index (χ3n) is 7.27. The molecule has 5 rings (SSSR count). The molecule has 2 aliphatic rings. The van der Waals surface area contributed by atoms with Crippen molar-refractivity contribution in [3.63, 3.8) is 0 Å². The van der Waals surface area contributed by atoms with E-state index in [1.807, 2.05) is 13.8 Å². The van der Waals surface area contributed by atoms with Gasteiger partial charge in [-0.3, -0.25) is 19.4 Å². The number of amides is 2. The van der Waals surface area contributed by atoms with Crippen molar-refractivity contribution in [1.82, 2.24) is 19.5 Å². The second-order valence-electron chi connectivity index (χ2n) is 10.5. The minimum Gasteiger partial charge on any atom is -0.493 e. The maximum Gasteiger partial charge on any atom is 0.415 e. The number of furan rings is 1. The van der Waals surface area contributed by atoms with Crippen LogP contribution < -0.4 is 14.8 Å². The van der Waals surface area contributed by atoms with Crippen LogP contribution in [0.4, 0.5) is 4.79 Å². The number of carbonyl (C=O) groups excluding carboxylic acids is 4. The van der Waals surface area contributed by atoms with Crippen molar-refractivity contribution in [2.24, 2.45) is 5.92 Å². The van der Waals surface area contributed by atoms with E-state index in [1.165, 1.54) is 36.4 Å². The fourth-order valence-electron chi connectivity index (χ4n) is 5.44. The van der Waals surface area contributed by atoms with E-state index in [0.29, 0.717) is 16.7 Å². The highest BCUT2D eigenvalue weighted by Gasteiger charge is 2.55. The molecule has 0 aliphatic carbocycles. The Balaban J connectivity index is 1.31. The van der Waals surface area contributed by atoms with Crippen LogP contribution in [0, 0.1) is 5.92 Å². The molecule has 0 spiro atoms. The number of fused-ring (bicyclic) bond motifs is 2.